The van der Waals surface area contributed by atoms with Gasteiger partial charge in [0.05, 0.1) is 11.5 Å². The van der Waals surface area contributed by atoms with Crippen molar-refractivity contribution in [2.75, 3.05) is 31.1 Å². The maximum atomic E-state index is 12.4. The van der Waals surface area contributed by atoms with E-state index in [0.29, 0.717) is 18.9 Å². The first-order valence-electron chi connectivity index (χ1n) is 6.66. The Morgan fingerprint density at radius 2 is 2.11 bits per heavy atom. The first kappa shape index (κ1) is 13.8. The van der Waals surface area contributed by atoms with Gasteiger partial charge in [-0.2, -0.15) is 0 Å². The largest absolute Gasteiger partial charge is 0.339 e. The Hall–Kier alpha value is -0.620. The van der Waals surface area contributed by atoms with Gasteiger partial charge in [0.15, 0.2) is 9.84 Å². The van der Waals surface area contributed by atoms with Crippen LogP contribution in [0.2, 0.25) is 0 Å². The van der Waals surface area contributed by atoms with E-state index in [4.69, 9.17) is 0 Å². The molecule has 1 N–H and O–H groups in total. The molecule has 2 aliphatic heterocycles. The van der Waals surface area contributed by atoms with Gasteiger partial charge in [0.1, 0.15) is 0 Å². The molecule has 0 saturated carbocycles. The Bertz CT molecular complexity index is 417. The SMILES string of the molecule is CCN(C(=O)C(C)C1CNC1)C1CCS(=O)(=O)C1. The minimum Gasteiger partial charge on any atom is -0.339 e. The zero-order valence-corrected chi connectivity index (χ0v) is 11.9. The Morgan fingerprint density at radius 3 is 2.50 bits per heavy atom. The highest BCUT2D eigenvalue weighted by molar-refractivity contribution is 7.91. The van der Waals surface area contributed by atoms with Gasteiger partial charge < -0.3 is 10.2 Å². The fraction of sp³-hybridized carbons (Fsp3) is 0.917. The van der Waals surface area contributed by atoms with Crippen LogP contribution < -0.4 is 5.32 Å². The van der Waals surface area contributed by atoms with E-state index in [0.717, 1.165) is 13.1 Å². The maximum absolute atomic E-state index is 12.4. The molecule has 18 heavy (non-hydrogen) atoms. The number of hydrogen-bond donors (Lipinski definition) is 1. The maximum Gasteiger partial charge on any atom is 0.226 e. The fourth-order valence-corrected chi connectivity index (χ4v) is 4.47. The second-order valence-electron chi connectivity index (χ2n) is 5.39. The van der Waals surface area contributed by atoms with Crippen LogP contribution in [0.25, 0.3) is 0 Å². The molecule has 2 saturated heterocycles. The third kappa shape index (κ3) is 2.69. The number of carbonyl (C=O) groups is 1. The second kappa shape index (κ2) is 5.17. The van der Waals surface area contributed by atoms with Crippen molar-refractivity contribution in [1.29, 1.82) is 0 Å². The number of carbonyl (C=O) groups excluding carboxylic acids is 1. The van der Waals surface area contributed by atoms with E-state index >= 15 is 0 Å². The molecule has 2 heterocycles. The number of rotatable bonds is 4. The summed E-state index contributed by atoms with van der Waals surface area (Å²) in [5.41, 5.74) is 0. The van der Waals surface area contributed by atoms with Gasteiger partial charge in [0.25, 0.3) is 0 Å². The van der Waals surface area contributed by atoms with E-state index in [-0.39, 0.29) is 29.4 Å². The standard InChI is InChI=1S/C12H22N2O3S/c1-3-14(11-4-5-18(16,17)8-11)12(15)9(2)10-6-13-7-10/h9-11,13H,3-8H2,1-2H3. The molecule has 0 spiro atoms. The monoisotopic (exact) mass is 274 g/mol. The van der Waals surface area contributed by atoms with Crippen LogP contribution in [0.5, 0.6) is 0 Å². The van der Waals surface area contributed by atoms with Gasteiger partial charge in [0.2, 0.25) is 5.91 Å². The van der Waals surface area contributed by atoms with Gasteiger partial charge in [0, 0.05) is 18.5 Å². The van der Waals surface area contributed by atoms with E-state index in [2.05, 4.69) is 5.32 Å². The average Bonchev–Trinajstić information content (AvgIpc) is 2.57. The summed E-state index contributed by atoms with van der Waals surface area (Å²) in [6.45, 7) is 6.28. The van der Waals surface area contributed by atoms with Crippen LogP contribution >= 0.6 is 0 Å². The van der Waals surface area contributed by atoms with Crippen molar-refractivity contribution in [3.63, 3.8) is 0 Å². The molecular formula is C12H22N2O3S. The molecular weight excluding hydrogens is 252 g/mol. The van der Waals surface area contributed by atoms with Crippen molar-refractivity contribution >= 4 is 15.7 Å². The zero-order chi connectivity index (χ0) is 13.3. The Balaban J connectivity index is 2.01. The predicted molar refractivity (Wildman–Crippen MR) is 70.0 cm³/mol. The van der Waals surface area contributed by atoms with E-state index in [9.17, 15) is 13.2 Å². The Kier molecular flexibility index (Phi) is 3.96. The van der Waals surface area contributed by atoms with Gasteiger partial charge >= 0.3 is 0 Å². The molecule has 0 aromatic heterocycles. The predicted octanol–water partition coefficient (Wildman–Crippen LogP) is -0.122. The van der Waals surface area contributed by atoms with Crippen LogP contribution in [0.4, 0.5) is 0 Å². The highest BCUT2D eigenvalue weighted by Crippen LogP contribution is 2.23. The van der Waals surface area contributed by atoms with Crippen LogP contribution in [0.3, 0.4) is 0 Å². The molecule has 6 heteroatoms. The summed E-state index contributed by atoms with van der Waals surface area (Å²) >= 11 is 0. The first-order chi connectivity index (χ1) is 8.44. The van der Waals surface area contributed by atoms with E-state index in [1.807, 2.05) is 13.8 Å². The van der Waals surface area contributed by atoms with Crippen molar-refractivity contribution in [2.24, 2.45) is 11.8 Å². The zero-order valence-electron chi connectivity index (χ0n) is 11.1. The Labute approximate surface area is 109 Å². The molecule has 1 amide bonds. The van der Waals surface area contributed by atoms with Crippen LogP contribution in [0, 0.1) is 11.8 Å². The van der Waals surface area contributed by atoms with Crippen molar-refractivity contribution in [1.82, 2.24) is 10.2 Å². The number of nitrogens with zero attached hydrogens (tertiary/aromatic N) is 1. The minimum atomic E-state index is -2.93. The molecule has 0 aliphatic carbocycles. The minimum absolute atomic E-state index is 0.00509. The van der Waals surface area contributed by atoms with E-state index in [1.54, 1.807) is 4.90 Å². The quantitative estimate of drug-likeness (QED) is 0.776. The second-order valence-corrected chi connectivity index (χ2v) is 7.62. The lowest BCUT2D eigenvalue weighted by Crippen LogP contribution is -2.52. The third-order valence-corrected chi connectivity index (χ3v) is 5.93. The third-order valence-electron chi connectivity index (χ3n) is 4.18. The van der Waals surface area contributed by atoms with Gasteiger partial charge in [-0.15, -0.1) is 0 Å². The fourth-order valence-electron chi connectivity index (χ4n) is 2.74. The van der Waals surface area contributed by atoms with Crippen LogP contribution in [-0.4, -0.2) is 56.4 Å². The van der Waals surface area contributed by atoms with Crippen molar-refractivity contribution in [3.8, 4) is 0 Å². The molecule has 2 fully saturated rings. The summed E-state index contributed by atoms with van der Waals surface area (Å²) < 4.78 is 23.0. The molecule has 0 bridgehead atoms. The van der Waals surface area contributed by atoms with Crippen molar-refractivity contribution in [2.45, 2.75) is 26.3 Å². The summed E-state index contributed by atoms with van der Waals surface area (Å²) in [6, 6.07) is -0.108. The molecule has 104 valence electrons. The van der Waals surface area contributed by atoms with Crippen molar-refractivity contribution < 1.29 is 13.2 Å². The number of nitrogens with one attached hydrogen (secondary N) is 1. The molecule has 0 aromatic rings. The van der Waals surface area contributed by atoms with Crippen LogP contribution in [-0.2, 0) is 14.6 Å². The summed E-state index contributed by atoms with van der Waals surface area (Å²) in [4.78, 5) is 14.2. The van der Waals surface area contributed by atoms with Crippen LogP contribution in [0.1, 0.15) is 20.3 Å². The van der Waals surface area contributed by atoms with Crippen molar-refractivity contribution in [3.05, 3.63) is 0 Å². The molecule has 5 nitrogen and oxygen atoms in total. The van der Waals surface area contributed by atoms with Gasteiger partial charge in [-0.3, -0.25) is 4.79 Å². The molecule has 2 aliphatic rings. The normalized spacial score (nSPS) is 28.7. The van der Waals surface area contributed by atoms with E-state index < -0.39 is 9.84 Å². The lowest BCUT2D eigenvalue weighted by Gasteiger charge is -2.36. The number of sulfone groups is 1. The topological polar surface area (TPSA) is 66.5 Å². The Morgan fingerprint density at radius 1 is 1.44 bits per heavy atom. The average molecular weight is 274 g/mol. The highest BCUT2D eigenvalue weighted by atomic mass is 32.2. The van der Waals surface area contributed by atoms with Gasteiger partial charge in [-0.05, 0) is 32.4 Å². The van der Waals surface area contributed by atoms with Gasteiger partial charge in [-0.25, -0.2) is 8.42 Å². The van der Waals surface area contributed by atoms with Gasteiger partial charge in [-0.1, -0.05) is 6.92 Å². The first-order valence-corrected chi connectivity index (χ1v) is 8.48. The van der Waals surface area contributed by atoms with E-state index in [1.165, 1.54) is 0 Å². The number of hydrogen-bond acceptors (Lipinski definition) is 4. The molecule has 0 radical (unpaired) electrons. The van der Waals surface area contributed by atoms with Crippen LogP contribution in [0.15, 0.2) is 0 Å². The highest BCUT2D eigenvalue weighted by Gasteiger charge is 2.37. The summed E-state index contributed by atoms with van der Waals surface area (Å²) in [5.74, 6) is 0.883. The summed E-state index contributed by atoms with van der Waals surface area (Å²) in [5, 5.41) is 3.17. The number of amides is 1. The molecule has 0 aromatic carbocycles. The summed E-state index contributed by atoms with van der Waals surface area (Å²) in [7, 11) is -2.93. The lowest BCUT2D eigenvalue weighted by atomic mass is 9.87. The molecule has 2 atom stereocenters. The smallest absolute Gasteiger partial charge is 0.226 e. The lowest BCUT2D eigenvalue weighted by molar-refractivity contribution is -0.139. The summed E-state index contributed by atoms with van der Waals surface area (Å²) in [6.07, 6.45) is 0.595. The molecule has 2 rings (SSSR count). The molecule has 2 unspecified atom stereocenters.